The molecule has 0 atom stereocenters. The molecular formula is C29H34N2O7S2. The summed E-state index contributed by atoms with van der Waals surface area (Å²) < 4.78 is 37.1. The zero-order chi connectivity index (χ0) is 28.8. The number of carbonyl (C=O) groups is 2. The van der Waals surface area contributed by atoms with Gasteiger partial charge in [-0.1, -0.05) is 30.3 Å². The molecule has 3 aromatic carbocycles. The number of thioether (sulfide) groups is 1. The second kappa shape index (κ2) is 15.8. The van der Waals surface area contributed by atoms with Crippen LogP contribution in [-0.4, -0.2) is 50.6 Å². The first-order chi connectivity index (χ1) is 19.2. The van der Waals surface area contributed by atoms with Crippen molar-refractivity contribution >= 4 is 45.0 Å². The number of para-hydroxylation sites is 1. The normalized spacial score (nSPS) is 11.0. The first-order valence-electron chi connectivity index (χ1n) is 12.8. The smallest absolute Gasteiger partial charge is 0.303 e. The SMILES string of the molecule is CS(=O)(=O)Nc1ccc(SCCc2ccc(OCCCCOc3ccccc3)cc2)c(NC(=O)CCC(=O)O)c1. The van der Waals surface area contributed by atoms with Gasteiger partial charge in [-0.3, -0.25) is 14.3 Å². The fraction of sp³-hybridized carbons (Fsp3) is 0.310. The van der Waals surface area contributed by atoms with Crippen molar-refractivity contribution in [2.24, 2.45) is 0 Å². The maximum atomic E-state index is 12.2. The largest absolute Gasteiger partial charge is 0.494 e. The number of hydrogen-bond donors (Lipinski definition) is 3. The molecule has 3 aromatic rings. The lowest BCUT2D eigenvalue weighted by molar-refractivity contribution is -0.138. The Morgan fingerprint density at radius 2 is 1.52 bits per heavy atom. The summed E-state index contributed by atoms with van der Waals surface area (Å²) in [4.78, 5) is 23.8. The van der Waals surface area contributed by atoms with Crippen molar-refractivity contribution < 1.29 is 32.6 Å². The molecule has 11 heteroatoms. The van der Waals surface area contributed by atoms with E-state index in [1.165, 1.54) is 17.8 Å². The average molecular weight is 587 g/mol. The van der Waals surface area contributed by atoms with Crippen LogP contribution in [0.15, 0.2) is 77.7 Å². The maximum Gasteiger partial charge on any atom is 0.303 e. The van der Waals surface area contributed by atoms with Gasteiger partial charge >= 0.3 is 5.97 Å². The van der Waals surface area contributed by atoms with Crippen molar-refractivity contribution in [1.29, 1.82) is 0 Å². The number of rotatable bonds is 17. The summed E-state index contributed by atoms with van der Waals surface area (Å²) in [6, 6.07) is 22.5. The van der Waals surface area contributed by atoms with E-state index in [-0.39, 0.29) is 12.8 Å². The molecule has 1 amide bonds. The summed E-state index contributed by atoms with van der Waals surface area (Å²) in [5.41, 5.74) is 1.85. The van der Waals surface area contributed by atoms with Crippen LogP contribution in [0.5, 0.6) is 11.5 Å². The van der Waals surface area contributed by atoms with Crippen molar-refractivity contribution in [1.82, 2.24) is 0 Å². The van der Waals surface area contributed by atoms with Crippen LogP contribution in [0.25, 0.3) is 0 Å². The number of sulfonamides is 1. The Hall–Kier alpha value is -3.70. The van der Waals surface area contributed by atoms with Gasteiger partial charge in [0.05, 0.1) is 37.3 Å². The van der Waals surface area contributed by atoms with Crippen LogP contribution < -0.4 is 19.5 Å². The van der Waals surface area contributed by atoms with E-state index in [0.29, 0.717) is 30.3 Å². The number of unbranched alkanes of at least 4 members (excludes halogenated alkanes) is 1. The molecule has 0 bridgehead atoms. The number of hydrogen-bond acceptors (Lipinski definition) is 7. The van der Waals surface area contributed by atoms with Crippen LogP contribution in [-0.2, 0) is 26.0 Å². The zero-order valence-corrected chi connectivity index (χ0v) is 23.9. The second-order valence-electron chi connectivity index (χ2n) is 8.99. The highest BCUT2D eigenvalue weighted by atomic mass is 32.2. The maximum absolute atomic E-state index is 12.2. The van der Waals surface area contributed by atoms with Crippen molar-refractivity contribution in [2.75, 3.05) is 35.3 Å². The van der Waals surface area contributed by atoms with Gasteiger partial charge in [0.25, 0.3) is 0 Å². The Balaban J connectivity index is 1.46. The van der Waals surface area contributed by atoms with E-state index < -0.39 is 21.9 Å². The van der Waals surface area contributed by atoms with Crippen LogP contribution in [0.3, 0.4) is 0 Å². The number of anilines is 2. The molecule has 214 valence electrons. The van der Waals surface area contributed by atoms with Crippen molar-refractivity contribution in [3.05, 3.63) is 78.4 Å². The Morgan fingerprint density at radius 3 is 2.15 bits per heavy atom. The summed E-state index contributed by atoms with van der Waals surface area (Å²) in [6.45, 7) is 1.26. The van der Waals surface area contributed by atoms with Gasteiger partial charge in [0.15, 0.2) is 0 Å². The molecule has 0 aliphatic carbocycles. The molecule has 40 heavy (non-hydrogen) atoms. The molecule has 0 radical (unpaired) electrons. The van der Waals surface area contributed by atoms with Gasteiger partial charge in [-0.15, -0.1) is 11.8 Å². The quantitative estimate of drug-likeness (QED) is 0.141. The zero-order valence-electron chi connectivity index (χ0n) is 22.3. The van der Waals surface area contributed by atoms with E-state index in [4.69, 9.17) is 14.6 Å². The predicted octanol–water partition coefficient (Wildman–Crippen LogP) is 5.43. The highest BCUT2D eigenvalue weighted by molar-refractivity contribution is 7.99. The van der Waals surface area contributed by atoms with E-state index in [0.717, 1.165) is 47.5 Å². The molecular weight excluding hydrogens is 552 g/mol. The predicted molar refractivity (Wildman–Crippen MR) is 158 cm³/mol. The monoisotopic (exact) mass is 586 g/mol. The van der Waals surface area contributed by atoms with Crippen molar-refractivity contribution in [3.8, 4) is 11.5 Å². The Kier molecular flexibility index (Phi) is 12.2. The van der Waals surface area contributed by atoms with Gasteiger partial charge in [0.1, 0.15) is 11.5 Å². The van der Waals surface area contributed by atoms with Gasteiger partial charge in [0.2, 0.25) is 15.9 Å². The summed E-state index contributed by atoms with van der Waals surface area (Å²) in [7, 11) is -3.50. The molecule has 0 fully saturated rings. The average Bonchev–Trinajstić information content (AvgIpc) is 2.91. The molecule has 0 saturated carbocycles. The number of ether oxygens (including phenoxy) is 2. The topological polar surface area (TPSA) is 131 Å². The first-order valence-corrected chi connectivity index (χ1v) is 15.7. The lowest BCUT2D eigenvalue weighted by atomic mass is 10.2. The Morgan fingerprint density at radius 1 is 0.875 bits per heavy atom. The van der Waals surface area contributed by atoms with Crippen LogP contribution in [0.4, 0.5) is 11.4 Å². The van der Waals surface area contributed by atoms with Crippen LogP contribution >= 0.6 is 11.8 Å². The molecule has 0 aliphatic rings. The lowest BCUT2D eigenvalue weighted by Crippen LogP contribution is -2.15. The summed E-state index contributed by atoms with van der Waals surface area (Å²) in [5, 5.41) is 11.5. The third-order valence-electron chi connectivity index (χ3n) is 5.51. The highest BCUT2D eigenvalue weighted by Gasteiger charge is 2.12. The molecule has 0 aromatic heterocycles. The van der Waals surface area contributed by atoms with Gasteiger partial charge in [-0.2, -0.15) is 0 Å². The van der Waals surface area contributed by atoms with Crippen molar-refractivity contribution in [2.45, 2.75) is 37.0 Å². The van der Waals surface area contributed by atoms with Gasteiger partial charge < -0.3 is 19.9 Å². The molecule has 3 rings (SSSR count). The van der Waals surface area contributed by atoms with E-state index in [2.05, 4.69) is 10.0 Å². The molecule has 0 saturated heterocycles. The third kappa shape index (κ3) is 12.0. The molecule has 0 aliphatic heterocycles. The summed E-state index contributed by atoms with van der Waals surface area (Å²) >= 11 is 1.51. The minimum atomic E-state index is -3.50. The van der Waals surface area contributed by atoms with E-state index in [9.17, 15) is 18.0 Å². The fourth-order valence-electron chi connectivity index (χ4n) is 3.60. The second-order valence-corrected chi connectivity index (χ2v) is 11.9. The number of carbonyl (C=O) groups excluding carboxylic acids is 1. The van der Waals surface area contributed by atoms with Gasteiger partial charge in [-0.05, 0) is 67.3 Å². The number of carboxylic acids is 1. The molecule has 0 unspecified atom stereocenters. The van der Waals surface area contributed by atoms with Gasteiger partial charge in [0, 0.05) is 17.1 Å². The van der Waals surface area contributed by atoms with Crippen LogP contribution in [0, 0.1) is 0 Å². The van der Waals surface area contributed by atoms with E-state index >= 15 is 0 Å². The van der Waals surface area contributed by atoms with Gasteiger partial charge in [-0.25, -0.2) is 8.42 Å². The highest BCUT2D eigenvalue weighted by Crippen LogP contribution is 2.31. The number of aryl methyl sites for hydroxylation is 1. The summed E-state index contributed by atoms with van der Waals surface area (Å²) in [6.07, 6.45) is 3.12. The third-order valence-corrected chi connectivity index (χ3v) is 7.20. The number of aliphatic carboxylic acids is 1. The number of carboxylic acid groups (broad SMARTS) is 1. The van der Waals surface area contributed by atoms with Crippen LogP contribution in [0.2, 0.25) is 0 Å². The summed E-state index contributed by atoms with van der Waals surface area (Å²) in [5.74, 6) is 0.857. The fourth-order valence-corrected chi connectivity index (χ4v) is 5.14. The van der Waals surface area contributed by atoms with E-state index in [1.54, 1.807) is 12.1 Å². The standard InChI is InChI=1S/C29H34N2O7S2/c1-40(35,36)31-23-11-14-27(26(21-23)30-28(32)15-16-29(33)34)39-20-17-22-9-12-25(13-10-22)38-19-6-5-18-37-24-7-3-2-4-8-24/h2-4,7-14,21,31H,5-6,15-20H2,1H3,(H,30,32)(H,33,34). The molecule has 3 N–H and O–H groups in total. The van der Waals surface area contributed by atoms with Crippen LogP contribution in [0.1, 0.15) is 31.2 Å². The van der Waals surface area contributed by atoms with Crippen molar-refractivity contribution in [3.63, 3.8) is 0 Å². The molecule has 9 nitrogen and oxygen atoms in total. The first kappa shape index (κ1) is 30.8. The minimum Gasteiger partial charge on any atom is -0.494 e. The van der Waals surface area contributed by atoms with E-state index in [1.807, 2.05) is 54.6 Å². The number of amides is 1. The molecule has 0 spiro atoms. The Bertz CT molecular complexity index is 1350. The lowest BCUT2D eigenvalue weighted by Gasteiger charge is -2.13. The minimum absolute atomic E-state index is 0.181. The molecule has 0 heterocycles. The Labute approximate surface area is 239 Å². The number of nitrogens with one attached hydrogen (secondary N) is 2. The number of benzene rings is 3.